The Bertz CT molecular complexity index is 906. The van der Waals surface area contributed by atoms with Gasteiger partial charge in [-0.15, -0.1) is 0 Å². The predicted octanol–water partition coefficient (Wildman–Crippen LogP) is 2.90. The second kappa shape index (κ2) is 13.7. The van der Waals surface area contributed by atoms with Gasteiger partial charge in [0.2, 0.25) is 11.8 Å². The molecule has 0 atom stereocenters. The largest absolute Gasteiger partial charge is 0.508 e. The van der Waals surface area contributed by atoms with E-state index in [9.17, 15) is 19.8 Å². The molecular weight excluding hydrogens is 406 g/mol. The number of phenolic OH excluding ortho intramolecular Hbond substituents is 2. The normalized spacial score (nSPS) is 11.2. The molecule has 0 aliphatic carbocycles. The van der Waals surface area contributed by atoms with Crippen LogP contribution in [-0.2, 0) is 9.59 Å². The summed E-state index contributed by atoms with van der Waals surface area (Å²) in [5.74, 6) is 0.0841. The van der Waals surface area contributed by atoms with Crippen molar-refractivity contribution >= 4 is 24.0 Å². The molecule has 0 heterocycles. The lowest BCUT2D eigenvalue weighted by Crippen LogP contribution is -2.33. The topological polar surface area (TPSA) is 116 Å². The van der Waals surface area contributed by atoms with Gasteiger partial charge in [0.15, 0.2) is 0 Å². The van der Waals surface area contributed by atoms with Crippen molar-refractivity contribution < 1.29 is 19.8 Å². The first kappa shape index (κ1) is 24.7. The van der Waals surface area contributed by atoms with Crippen LogP contribution in [0.4, 0.5) is 0 Å². The predicted molar refractivity (Wildman–Crippen MR) is 127 cm³/mol. The average Bonchev–Trinajstić information content (AvgIpc) is 2.80. The molecule has 0 aromatic heterocycles. The molecule has 0 aliphatic rings. The van der Waals surface area contributed by atoms with E-state index < -0.39 is 0 Å². The van der Waals surface area contributed by atoms with E-state index in [1.54, 1.807) is 65.6 Å². The number of rotatable bonds is 12. The summed E-state index contributed by atoms with van der Waals surface area (Å²) in [7, 11) is 0. The minimum absolute atomic E-state index is 0.0904. The number of hydrogen-bond donors (Lipinski definition) is 4. The summed E-state index contributed by atoms with van der Waals surface area (Å²) in [6, 6.07) is 13.2. The Kier molecular flexibility index (Phi) is 10.5. The van der Waals surface area contributed by atoms with Crippen LogP contribution in [0.2, 0.25) is 0 Å². The van der Waals surface area contributed by atoms with E-state index in [-0.39, 0.29) is 23.3 Å². The Morgan fingerprint density at radius 3 is 1.91 bits per heavy atom. The van der Waals surface area contributed by atoms with Crippen molar-refractivity contribution in [1.29, 1.82) is 0 Å². The SMILES string of the molecule is NCCCN(CCCCNC(=O)/C=C/c1ccc(O)cc1)C(=O)/C=C/c1ccc(O)cc1. The van der Waals surface area contributed by atoms with Gasteiger partial charge >= 0.3 is 0 Å². The van der Waals surface area contributed by atoms with Crippen LogP contribution in [0, 0.1) is 0 Å². The molecule has 32 heavy (non-hydrogen) atoms. The zero-order valence-corrected chi connectivity index (χ0v) is 18.1. The number of nitrogens with one attached hydrogen (secondary N) is 1. The van der Waals surface area contributed by atoms with Crippen LogP contribution < -0.4 is 11.1 Å². The molecule has 0 radical (unpaired) electrons. The number of nitrogens with zero attached hydrogens (tertiary/aromatic N) is 1. The van der Waals surface area contributed by atoms with Crippen molar-refractivity contribution in [3.63, 3.8) is 0 Å². The van der Waals surface area contributed by atoms with E-state index in [4.69, 9.17) is 5.73 Å². The molecule has 2 aromatic carbocycles. The van der Waals surface area contributed by atoms with Gasteiger partial charge in [-0.05, 0) is 73.4 Å². The fourth-order valence-corrected chi connectivity index (χ4v) is 2.93. The quantitative estimate of drug-likeness (QED) is 0.301. The molecule has 0 spiro atoms. The summed E-state index contributed by atoms with van der Waals surface area (Å²) in [4.78, 5) is 26.2. The molecule has 170 valence electrons. The van der Waals surface area contributed by atoms with Gasteiger partial charge in [-0.1, -0.05) is 24.3 Å². The number of carbonyl (C=O) groups excluding carboxylic acids is 2. The standard InChI is InChI=1S/C25H31N3O4/c26-16-3-19-28(25(32)15-9-21-6-12-23(30)13-7-21)18-2-1-17-27-24(31)14-8-20-4-10-22(29)11-5-20/h4-15,29-30H,1-3,16-19,26H2,(H,27,31)/b14-8+,15-9+. The van der Waals surface area contributed by atoms with Crippen LogP contribution in [0.15, 0.2) is 60.7 Å². The van der Waals surface area contributed by atoms with Crippen molar-refractivity contribution in [3.8, 4) is 11.5 Å². The van der Waals surface area contributed by atoms with Gasteiger partial charge in [0.1, 0.15) is 11.5 Å². The van der Waals surface area contributed by atoms with Gasteiger partial charge < -0.3 is 26.2 Å². The van der Waals surface area contributed by atoms with E-state index in [1.165, 1.54) is 12.2 Å². The fourth-order valence-electron chi connectivity index (χ4n) is 2.93. The van der Waals surface area contributed by atoms with E-state index in [1.807, 2.05) is 0 Å². The number of benzene rings is 2. The van der Waals surface area contributed by atoms with Crippen molar-refractivity contribution in [2.75, 3.05) is 26.2 Å². The van der Waals surface area contributed by atoms with Crippen molar-refractivity contribution in [3.05, 3.63) is 71.8 Å². The maximum atomic E-state index is 12.6. The first-order valence-electron chi connectivity index (χ1n) is 10.7. The molecule has 7 heteroatoms. The van der Waals surface area contributed by atoms with Gasteiger partial charge in [-0.2, -0.15) is 0 Å². The molecule has 0 aliphatic heterocycles. The Labute approximate surface area is 188 Å². The molecule has 7 nitrogen and oxygen atoms in total. The molecule has 0 bridgehead atoms. The van der Waals surface area contributed by atoms with Gasteiger partial charge in [-0.3, -0.25) is 9.59 Å². The summed E-state index contributed by atoms with van der Waals surface area (Å²) in [6.45, 7) is 2.19. The number of phenols is 2. The lowest BCUT2D eigenvalue weighted by molar-refractivity contribution is -0.126. The average molecular weight is 438 g/mol. The molecule has 0 saturated heterocycles. The van der Waals surface area contributed by atoms with Crippen LogP contribution in [0.3, 0.4) is 0 Å². The van der Waals surface area contributed by atoms with E-state index >= 15 is 0 Å². The lowest BCUT2D eigenvalue weighted by Gasteiger charge is -2.21. The molecule has 5 N–H and O–H groups in total. The number of carbonyl (C=O) groups is 2. The molecule has 0 fully saturated rings. The van der Waals surface area contributed by atoms with Crippen molar-refractivity contribution in [2.45, 2.75) is 19.3 Å². The summed E-state index contributed by atoms with van der Waals surface area (Å²) in [6.07, 6.45) is 8.60. The van der Waals surface area contributed by atoms with E-state index in [2.05, 4.69) is 5.32 Å². The zero-order chi connectivity index (χ0) is 23.2. The van der Waals surface area contributed by atoms with E-state index in [0.717, 1.165) is 30.4 Å². The van der Waals surface area contributed by atoms with Crippen LogP contribution in [0.5, 0.6) is 11.5 Å². The van der Waals surface area contributed by atoms with Crippen LogP contribution in [0.1, 0.15) is 30.4 Å². The van der Waals surface area contributed by atoms with Crippen LogP contribution >= 0.6 is 0 Å². The molecule has 0 saturated carbocycles. The van der Waals surface area contributed by atoms with Gasteiger partial charge in [0.05, 0.1) is 0 Å². The van der Waals surface area contributed by atoms with E-state index in [0.29, 0.717) is 26.2 Å². The van der Waals surface area contributed by atoms with Crippen molar-refractivity contribution in [1.82, 2.24) is 10.2 Å². The second-order valence-electron chi connectivity index (χ2n) is 7.32. The van der Waals surface area contributed by atoms with Crippen molar-refractivity contribution in [2.24, 2.45) is 5.73 Å². The number of unbranched alkanes of at least 4 members (excludes halogenated alkanes) is 1. The fraction of sp³-hybridized carbons (Fsp3) is 0.280. The van der Waals surface area contributed by atoms with Gasteiger partial charge in [-0.25, -0.2) is 0 Å². The highest BCUT2D eigenvalue weighted by Gasteiger charge is 2.09. The number of aromatic hydroxyl groups is 2. The highest BCUT2D eigenvalue weighted by atomic mass is 16.3. The Morgan fingerprint density at radius 2 is 1.34 bits per heavy atom. The molecule has 2 rings (SSSR count). The molecule has 0 unspecified atom stereocenters. The summed E-state index contributed by atoms with van der Waals surface area (Å²) in [5.41, 5.74) is 7.26. The van der Waals surface area contributed by atoms with Gasteiger partial charge in [0.25, 0.3) is 0 Å². The lowest BCUT2D eigenvalue weighted by atomic mass is 10.2. The zero-order valence-electron chi connectivity index (χ0n) is 18.1. The summed E-state index contributed by atoms with van der Waals surface area (Å²) in [5, 5.41) is 21.4. The third-order valence-electron chi connectivity index (χ3n) is 4.73. The number of hydrogen-bond acceptors (Lipinski definition) is 5. The smallest absolute Gasteiger partial charge is 0.246 e. The first-order chi connectivity index (χ1) is 15.5. The Hall–Kier alpha value is -3.58. The number of nitrogens with two attached hydrogens (primary N) is 1. The highest BCUT2D eigenvalue weighted by Crippen LogP contribution is 2.12. The first-order valence-corrected chi connectivity index (χ1v) is 10.7. The maximum Gasteiger partial charge on any atom is 0.246 e. The van der Waals surface area contributed by atoms with Crippen LogP contribution in [-0.4, -0.2) is 53.1 Å². The third-order valence-corrected chi connectivity index (χ3v) is 4.73. The minimum Gasteiger partial charge on any atom is -0.508 e. The summed E-state index contributed by atoms with van der Waals surface area (Å²) >= 11 is 0. The minimum atomic E-state index is -0.189. The second-order valence-corrected chi connectivity index (χ2v) is 7.32. The molecular formula is C25H31N3O4. The Balaban J connectivity index is 1.74. The third kappa shape index (κ3) is 9.49. The molecule has 2 amide bonds. The molecule has 2 aromatic rings. The number of amides is 2. The highest BCUT2D eigenvalue weighted by molar-refractivity contribution is 5.92. The Morgan fingerprint density at radius 1 is 0.812 bits per heavy atom. The van der Waals surface area contributed by atoms with Gasteiger partial charge in [0, 0.05) is 31.8 Å². The van der Waals surface area contributed by atoms with Crippen LogP contribution in [0.25, 0.3) is 12.2 Å². The summed E-state index contributed by atoms with van der Waals surface area (Å²) < 4.78 is 0. The monoisotopic (exact) mass is 437 g/mol. The maximum absolute atomic E-state index is 12.6.